The third-order valence-electron chi connectivity index (χ3n) is 6.89. The summed E-state index contributed by atoms with van der Waals surface area (Å²) in [5.41, 5.74) is 0. The third-order valence-corrected chi connectivity index (χ3v) is 7.05. The highest BCUT2D eigenvalue weighted by atomic mass is 35.5. The molecule has 5 saturated carbocycles. The van der Waals surface area contributed by atoms with Gasteiger partial charge in [0.25, 0.3) is 0 Å². The van der Waals surface area contributed by atoms with E-state index in [1.165, 1.54) is 57.8 Å². The molecule has 0 aromatic heterocycles. The van der Waals surface area contributed by atoms with Gasteiger partial charge in [-0.15, -0.1) is 11.6 Å². The molecular formula is C18H28ClNO. The van der Waals surface area contributed by atoms with Crippen molar-refractivity contribution in [1.82, 2.24) is 4.90 Å². The quantitative estimate of drug-likeness (QED) is 0.717. The highest BCUT2D eigenvalue weighted by molar-refractivity contribution is 6.18. The summed E-state index contributed by atoms with van der Waals surface area (Å²) >= 11 is 6.01. The molecule has 3 heteroatoms. The minimum absolute atomic E-state index is 0.349. The smallest absolute Gasteiger partial charge is 0.226 e. The van der Waals surface area contributed by atoms with Gasteiger partial charge in [0.1, 0.15) is 0 Å². The lowest BCUT2D eigenvalue weighted by Crippen LogP contribution is -2.54. The maximum atomic E-state index is 13.3. The third kappa shape index (κ3) is 2.52. The van der Waals surface area contributed by atoms with Crippen molar-refractivity contribution in [3.05, 3.63) is 0 Å². The molecule has 0 aliphatic heterocycles. The zero-order valence-electron chi connectivity index (χ0n) is 13.0. The lowest BCUT2D eigenvalue weighted by atomic mass is 9.51. The number of halogens is 1. The molecule has 5 fully saturated rings. The first-order valence-electron chi connectivity index (χ1n) is 9.12. The number of hydrogen-bond donors (Lipinski definition) is 0. The van der Waals surface area contributed by atoms with Crippen molar-refractivity contribution in [2.75, 3.05) is 12.4 Å². The van der Waals surface area contributed by atoms with Crippen molar-refractivity contribution in [1.29, 1.82) is 0 Å². The van der Waals surface area contributed by atoms with E-state index in [-0.39, 0.29) is 0 Å². The lowest BCUT2D eigenvalue weighted by Gasteiger charge is -2.54. The lowest BCUT2D eigenvalue weighted by molar-refractivity contribution is -0.151. The van der Waals surface area contributed by atoms with E-state index in [4.69, 9.17) is 11.6 Å². The van der Waals surface area contributed by atoms with Gasteiger partial charge in [-0.2, -0.15) is 0 Å². The molecule has 0 aromatic carbocycles. The van der Waals surface area contributed by atoms with E-state index in [2.05, 4.69) is 4.90 Å². The number of nitrogens with zero attached hydrogens (tertiary/aromatic N) is 1. The van der Waals surface area contributed by atoms with Crippen molar-refractivity contribution < 1.29 is 4.79 Å². The Bertz CT molecular complexity index is 376. The Labute approximate surface area is 133 Å². The molecule has 0 heterocycles. The molecule has 0 unspecified atom stereocenters. The molecule has 0 N–H and O–H groups in total. The van der Waals surface area contributed by atoms with Crippen LogP contribution < -0.4 is 0 Å². The fourth-order valence-electron chi connectivity index (χ4n) is 6.30. The van der Waals surface area contributed by atoms with Crippen molar-refractivity contribution in [2.24, 2.45) is 29.6 Å². The van der Waals surface area contributed by atoms with Crippen LogP contribution in [0.3, 0.4) is 0 Å². The Morgan fingerprint density at radius 3 is 2.05 bits per heavy atom. The molecule has 0 spiro atoms. The van der Waals surface area contributed by atoms with Crippen LogP contribution in [-0.2, 0) is 4.79 Å². The Morgan fingerprint density at radius 1 is 0.952 bits per heavy atom. The summed E-state index contributed by atoms with van der Waals surface area (Å²) in [5.74, 6) is 4.73. The minimum atomic E-state index is 0.349. The Morgan fingerprint density at radius 2 is 1.52 bits per heavy atom. The van der Waals surface area contributed by atoms with Crippen molar-refractivity contribution in [3.8, 4) is 0 Å². The predicted molar refractivity (Wildman–Crippen MR) is 85.2 cm³/mol. The van der Waals surface area contributed by atoms with Crippen LogP contribution in [0, 0.1) is 29.6 Å². The second kappa shape index (κ2) is 5.76. The first kappa shape index (κ1) is 14.4. The van der Waals surface area contributed by atoms with Crippen LogP contribution in [0.5, 0.6) is 0 Å². The van der Waals surface area contributed by atoms with Crippen molar-refractivity contribution in [2.45, 2.75) is 63.8 Å². The molecule has 2 nitrogen and oxygen atoms in total. The molecule has 0 saturated heterocycles. The molecule has 5 rings (SSSR count). The largest absolute Gasteiger partial charge is 0.338 e. The molecule has 1 amide bonds. The van der Waals surface area contributed by atoms with Crippen LogP contribution in [0.25, 0.3) is 0 Å². The van der Waals surface area contributed by atoms with E-state index in [1.54, 1.807) is 0 Å². The van der Waals surface area contributed by atoms with Crippen LogP contribution in [0.2, 0.25) is 0 Å². The maximum absolute atomic E-state index is 13.3. The highest BCUT2D eigenvalue weighted by Gasteiger charge is 2.52. The van der Waals surface area contributed by atoms with Gasteiger partial charge in [0.15, 0.2) is 0 Å². The molecule has 5 aliphatic rings. The summed E-state index contributed by atoms with van der Waals surface area (Å²) in [6, 6.07) is 0.494. The highest BCUT2D eigenvalue weighted by Crippen LogP contribution is 2.57. The van der Waals surface area contributed by atoms with Gasteiger partial charge >= 0.3 is 0 Å². The average Bonchev–Trinajstić information content (AvgIpc) is 2.97. The maximum Gasteiger partial charge on any atom is 0.226 e. The van der Waals surface area contributed by atoms with Crippen LogP contribution in [0.1, 0.15) is 57.8 Å². The van der Waals surface area contributed by atoms with Gasteiger partial charge < -0.3 is 4.90 Å². The van der Waals surface area contributed by atoms with Crippen LogP contribution in [0.15, 0.2) is 0 Å². The summed E-state index contributed by atoms with van der Waals surface area (Å²) < 4.78 is 0. The number of alkyl halides is 1. The molecule has 0 atom stereocenters. The van der Waals surface area contributed by atoms with E-state index in [0.29, 0.717) is 35.6 Å². The van der Waals surface area contributed by atoms with Gasteiger partial charge in [-0.05, 0) is 68.6 Å². The Kier molecular flexibility index (Phi) is 3.94. The fraction of sp³-hybridized carbons (Fsp3) is 0.944. The Balaban J connectivity index is 1.52. The molecule has 0 radical (unpaired) electrons. The van der Waals surface area contributed by atoms with Gasteiger partial charge in [-0.25, -0.2) is 0 Å². The topological polar surface area (TPSA) is 20.3 Å². The van der Waals surface area contributed by atoms with Gasteiger partial charge in [0.2, 0.25) is 5.91 Å². The van der Waals surface area contributed by atoms with Gasteiger partial charge in [-0.1, -0.05) is 12.8 Å². The minimum Gasteiger partial charge on any atom is -0.338 e. The summed E-state index contributed by atoms with van der Waals surface area (Å²) in [6.07, 6.45) is 11.8. The predicted octanol–water partition coefficient (Wildman–Crippen LogP) is 4.07. The fourth-order valence-corrected chi connectivity index (χ4v) is 6.48. The molecule has 21 heavy (non-hydrogen) atoms. The van der Waals surface area contributed by atoms with Crippen LogP contribution >= 0.6 is 11.6 Å². The first-order valence-corrected chi connectivity index (χ1v) is 9.66. The van der Waals surface area contributed by atoms with Crippen LogP contribution in [-0.4, -0.2) is 29.3 Å². The number of carbonyl (C=O) groups excluding carboxylic acids is 1. The van der Waals surface area contributed by atoms with Gasteiger partial charge in [0, 0.05) is 24.4 Å². The number of rotatable bonds is 4. The standard InChI is InChI=1S/C18H28ClNO/c19-5-6-20(16-3-1-2-4-16)18(21)17-14-8-12-7-13(10-14)11-15(17)9-12/h12-17H,1-11H2. The molecule has 5 aliphatic carbocycles. The van der Waals surface area contributed by atoms with E-state index < -0.39 is 0 Å². The number of carbonyl (C=O) groups is 1. The Hall–Kier alpha value is -0.240. The summed E-state index contributed by atoms with van der Waals surface area (Å²) in [7, 11) is 0. The molecule has 4 bridgehead atoms. The van der Waals surface area contributed by atoms with E-state index in [1.807, 2.05) is 0 Å². The van der Waals surface area contributed by atoms with E-state index >= 15 is 0 Å². The number of amides is 1. The summed E-state index contributed by atoms with van der Waals surface area (Å²) in [6.45, 7) is 0.772. The number of hydrogen-bond acceptors (Lipinski definition) is 1. The zero-order chi connectivity index (χ0) is 14.4. The molecule has 118 valence electrons. The van der Waals surface area contributed by atoms with Gasteiger partial charge in [-0.3, -0.25) is 4.79 Å². The summed E-state index contributed by atoms with van der Waals surface area (Å²) in [5, 5.41) is 0. The monoisotopic (exact) mass is 309 g/mol. The van der Waals surface area contributed by atoms with E-state index in [0.717, 1.165) is 18.4 Å². The average molecular weight is 310 g/mol. The second-order valence-corrected chi connectivity index (χ2v) is 8.49. The first-order chi connectivity index (χ1) is 10.3. The van der Waals surface area contributed by atoms with Crippen LogP contribution in [0.4, 0.5) is 0 Å². The van der Waals surface area contributed by atoms with Crippen molar-refractivity contribution >= 4 is 17.5 Å². The zero-order valence-corrected chi connectivity index (χ0v) is 13.7. The van der Waals surface area contributed by atoms with E-state index in [9.17, 15) is 4.79 Å². The normalized spacial score (nSPS) is 41.7. The van der Waals surface area contributed by atoms with Gasteiger partial charge in [0.05, 0.1) is 0 Å². The summed E-state index contributed by atoms with van der Waals surface area (Å²) in [4.78, 5) is 15.5. The SMILES string of the molecule is O=C(C1C2CC3CC(C2)CC1C3)N(CCCl)C1CCCC1. The molecular weight excluding hydrogens is 282 g/mol. The molecule has 0 aromatic rings. The van der Waals surface area contributed by atoms with Crippen molar-refractivity contribution in [3.63, 3.8) is 0 Å². The second-order valence-electron chi connectivity index (χ2n) is 8.12.